The molecule has 1 aromatic carbocycles. The predicted molar refractivity (Wildman–Crippen MR) is 93.9 cm³/mol. The van der Waals surface area contributed by atoms with E-state index in [2.05, 4.69) is 47.5 Å². The Balaban J connectivity index is 0.00000135. The number of rotatable bonds is 1. The summed E-state index contributed by atoms with van der Waals surface area (Å²) in [5, 5.41) is 3.62. The highest BCUT2D eigenvalue weighted by Gasteiger charge is 2.60. The number of halogens is 1. The van der Waals surface area contributed by atoms with Crippen molar-refractivity contribution in [2.75, 3.05) is 18.4 Å². The van der Waals surface area contributed by atoms with Gasteiger partial charge in [0.15, 0.2) is 0 Å². The number of nitrogens with zero attached hydrogens (tertiary/aromatic N) is 1. The molecule has 2 fully saturated rings. The monoisotopic (exact) mass is 328 g/mol. The lowest BCUT2D eigenvalue weighted by atomic mass is 9.62. The average Bonchev–Trinajstić information content (AvgIpc) is 3.11. The minimum absolute atomic E-state index is 0. The van der Waals surface area contributed by atoms with Crippen molar-refractivity contribution < 1.29 is 4.79 Å². The van der Waals surface area contributed by atoms with E-state index in [-0.39, 0.29) is 17.8 Å². The number of aldehydes is 1. The van der Waals surface area contributed by atoms with E-state index in [0.717, 1.165) is 37.8 Å². The van der Waals surface area contributed by atoms with Crippen molar-refractivity contribution in [1.29, 1.82) is 0 Å². The summed E-state index contributed by atoms with van der Waals surface area (Å²) in [5.41, 5.74) is 6.25. The van der Waals surface area contributed by atoms with Crippen LogP contribution in [0.5, 0.6) is 0 Å². The molecule has 3 heterocycles. The van der Waals surface area contributed by atoms with Crippen LogP contribution in [0.2, 0.25) is 0 Å². The predicted octanol–water partition coefficient (Wildman–Crippen LogP) is 3.28. The number of piperidine rings is 1. The zero-order chi connectivity index (χ0) is 14.9. The molecule has 23 heavy (non-hydrogen) atoms. The second-order valence-corrected chi connectivity index (χ2v) is 6.98. The number of benzene rings is 1. The molecule has 3 unspecified atom stereocenters. The number of carbonyl (C=O) groups excluding carboxylic acids is 1. The highest BCUT2D eigenvalue weighted by Crippen LogP contribution is 2.60. The number of hydrogen-bond donors (Lipinski definition) is 1. The van der Waals surface area contributed by atoms with E-state index < -0.39 is 0 Å². The molecular formula is C19H21ClN2O. The summed E-state index contributed by atoms with van der Waals surface area (Å²) in [4.78, 5) is 14.6. The summed E-state index contributed by atoms with van der Waals surface area (Å²) in [6.45, 7) is 4.26. The number of hydrogen-bond acceptors (Lipinski definition) is 3. The van der Waals surface area contributed by atoms with Crippen LogP contribution in [0.15, 0.2) is 47.2 Å². The number of fused-ring (bicyclic) bond motifs is 2. The fourth-order valence-electron chi connectivity index (χ4n) is 5.44. The van der Waals surface area contributed by atoms with Gasteiger partial charge >= 0.3 is 0 Å². The van der Waals surface area contributed by atoms with Gasteiger partial charge in [0.2, 0.25) is 0 Å². The first-order chi connectivity index (χ1) is 10.8. The van der Waals surface area contributed by atoms with Crippen molar-refractivity contribution in [3.05, 3.63) is 52.7 Å². The number of nitrogens with one attached hydrogen (secondary N) is 1. The molecule has 120 valence electrons. The zero-order valence-electron chi connectivity index (χ0n) is 13.2. The lowest BCUT2D eigenvalue weighted by molar-refractivity contribution is -0.105. The van der Waals surface area contributed by atoms with E-state index in [1.54, 1.807) is 0 Å². The van der Waals surface area contributed by atoms with E-state index in [4.69, 9.17) is 0 Å². The third-order valence-electron chi connectivity index (χ3n) is 6.37. The highest BCUT2D eigenvalue weighted by atomic mass is 35.5. The average molecular weight is 329 g/mol. The van der Waals surface area contributed by atoms with Crippen molar-refractivity contribution in [1.82, 2.24) is 4.90 Å². The summed E-state index contributed by atoms with van der Waals surface area (Å²) >= 11 is 0. The Morgan fingerprint density at radius 3 is 2.96 bits per heavy atom. The van der Waals surface area contributed by atoms with Crippen LogP contribution in [0.25, 0.3) is 0 Å². The van der Waals surface area contributed by atoms with E-state index in [9.17, 15) is 4.79 Å². The van der Waals surface area contributed by atoms with Gasteiger partial charge in [0, 0.05) is 42.0 Å². The molecule has 3 atom stereocenters. The third-order valence-corrected chi connectivity index (χ3v) is 6.37. The molecule has 5 rings (SSSR count). The van der Waals surface area contributed by atoms with Crippen LogP contribution in [0, 0.1) is 5.92 Å². The molecule has 1 spiro atoms. The number of allylic oxidation sites excluding steroid dienone is 2. The van der Waals surface area contributed by atoms with Crippen LogP contribution in [0.3, 0.4) is 0 Å². The highest BCUT2D eigenvalue weighted by molar-refractivity contribution is 5.85. The minimum Gasteiger partial charge on any atom is -0.358 e. The second kappa shape index (κ2) is 4.96. The second-order valence-electron chi connectivity index (χ2n) is 6.98. The number of para-hydroxylation sites is 1. The van der Waals surface area contributed by atoms with Crippen molar-refractivity contribution in [3.8, 4) is 0 Å². The molecule has 0 aromatic heterocycles. The smallest absolute Gasteiger partial charge is 0.148 e. The first-order valence-corrected chi connectivity index (χ1v) is 8.25. The Morgan fingerprint density at radius 1 is 1.35 bits per heavy atom. The molecule has 4 aliphatic rings. The summed E-state index contributed by atoms with van der Waals surface area (Å²) in [6, 6.07) is 9.16. The van der Waals surface area contributed by atoms with Gasteiger partial charge in [-0.3, -0.25) is 9.69 Å². The molecule has 0 saturated carbocycles. The standard InChI is InChI=1S/C19H20N2O.ClH/c1-2-12-10-21-8-7-19-15-5-3-4-6-16(15)20-18(19)14(11-22)13(12)9-17(19)21;/h2-6,11,13,17,20H,7-10H2,1H3;1H. The largest absolute Gasteiger partial charge is 0.358 e. The van der Waals surface area contributed by atoms with E-state index in [0.29, 0.717) is 12.0 Å². The molecule has 1 aromatic rings. The molecule has 3 aliphatic heterocycles. The molecule has 3 nitrogen and oxygen atoms in total. The van der Waals surface area contributed by atoms with Gasteiger partial charge in [-0.05, 0) is 31.4 Å². The minimum atomic E-state index is 0. The molecule has 4 heteroatoms. The lowest BCUT2D eigenvalue weighted by Crippen LogP contribution is -2.52. The van der Waals surface area contributed by atoms with Crippen molar-refractivity contribution >= 4 is 24.4 Å². The topological polar surface area (TPSA) is 32.3 Å². The molecule has 1 N–H and O–H groups in total. The molecular weight excluding hydrogens is 308 g/mol. The van der Waals surface area contributed by atoms with E-state index in [1.165, 1.54) is 22.5 Å². The lowest BCUT2D eigenvalue weighted by Gasteiger charge is -2.48. The van der Waals surface area contributed by atoms with Crippen LogP contribution in [-0.4, -0.2) is 30.3 Å². The molecule has 1 aliphatic carbocycles. The van der Waals surface area contributed by atoms with Crippen LogP contribution in [0.4, 0.5) is 5.69 Å². The van der Waals surface area contributed by atoms with E-state index in [1.807, 2.05) is 0 Å². The molecule has 2 bridgehead atoms. The maximum atomic E-state index is 11.9. The van der Waals surface area contributed by atoms with Gasteiger partial charge in [0.25, 0.3) is 0 Å². The van der Waals surface area contributed by atoms with E-state index >= 15 is 0 Å². The fraction of sp³-hybridized carbons (Fsp3) is 0.421. The van der Waals surface area contributed by atoms with Gasteiger partial charge in [-0.15, -0.1) is 12.4 Å². The summed E-state index contributed by atoms with van der Waals surface area (Å²) in [6.07, 6.45) is 5.55. The van der Waals surface area contributed by atoms with Crippen LogP contribution in [0.1, 0.15) is 25.3 Å². The zero-order valence-corrected chi connectivity index (χ0v) is 14.0. The summed E-state index contributed by atoms with van der Waals surface area (Å²) in [5.74, 6) is 0.312. The van der Waals surface area contributed by atoms with Crippen molar-refractivity contribution in [3.63, 3.8) is 0 Å². The molecule has 0 radical (unpaired) electrons. The Kier molecular flexibility index (Phi) is 3.23. The van der Waals surface area contributed by atoms with Gasteiger partial charge < -0.3 is 5.32 Å². The quantitative estimate of drug-likeness (QED) is 0.634. The Labute approximate surface area is 142 Å². The fourth-order valence-corrected chi connectivity index (χ4v) is 5.44. The maximum Gasteiger partial charge on any atom is 0.148 e. The Morgan fingerprint density at radius 2 is 2.17 bits per heavy atom. The van der Waals surface area contributed by atoms with Gasteiger partial charge in [-0.1, -0.05) is 29.8 Å². The van der Waals surface area contributed by atoms with Gasteiger partial charge in [-0.2, -0.15) is 0 Å². The summed E-state index contributed by atoms with van der Waals surface area (Å²) in [7, 11) is 0. The summed E-state index contributed by atoms with van der Waals surface area (Å²) < 4.78 is 0. The van der Waals surface area contributed by atoms with Crippen molar-refractivity contribution in [2.24, 2.45) is 5.92 Å². The Bertz CT molecular complexity index is 753. The number of anilines is 1. The van der Waals surface area contributed by atoms with Crippen molar-refractivity contribution in [2.45, 2.75) is 31.2 Å². The van der Waals surface area contributed by atoms with Gasteiger partial charge in [0.05, 0.1) is 5.41 Å². The van der Waals surface area contributed by atoms with Crippen LogP contribution < -0.4 is 5.32 Å². The Hall–Kier alpha value is -1.58. The van der Waals surface area contributed by atoms with Crippen LogP contribution in [-0.2, 0) is 10.2 Å². The maximum absolute atomic E-state index is 11.9. The molecule has 0 amide bonds. The SMILES string of the molecule is CC=C1CN2CCC34C(=C(C=O)C1CC23)Nc1ccccc14.Cl. The third kappa shape index (κ3) is 1.62. The normalized spacial score (nSPS) is 35.4. The first-order valence-electron chi connectivity index (χ1n) is 8.25. The number of carbonyl (C=O) groups is 1. The van der Waals surface area contributed by atoms with Crippen LogP contribution >= 0.6 is 12.4 Å². The first kappa shape index (κ1) is 15.0. The van der Waals surface area contributed by atoms with Gasteiger partial charge in [-0.25, -0.2) is 0 Å². The van der Waals surface area contributed by atoms with Gasteiger partial charge in [0.1, 0.15) is 6.29 Å². The molecule has 2 saturated heterocycles.